The minimum absolute atomic E-state index is 0.000654. The Morgan fingerprint density at radius 3 is 3.00 bits per heavy atom. The van der Waals surface area contributed by atoms with E-state index >= 15 is 0 Å². The number of rotatable bonds is 5. The second-order valence-electron chi connectivity index (χ2n) is 7.19. The van der Waals surface area contributed by atoms with E-state index in [0.29, 0.717) is 49.9 Å². The van der Waals surface area contributed by atoms with Crippen LogP contribution in [0.25, 0.3) is 0 Å². The van der Waals surface area contributed by atoms with E-state index in [0.717, 1.165) is 31.2 Å². The van der Waals surface area contributed by atoms with Crippen molar-refractivity contribution in [3.05, 3.63) is 46.3 Å². The number of hydrogen-bond acceptors (Lipinski definition) is 5. The van der Waals surface area contributed by atoms with E-state index in [2.05, 4.69) is 20.4 Å². The summed E-state index contributed by atoms with van der Waals surface area (Å²) in [6.45, 7) is 4.09. The SMILES string of the molecule is O=C(NCc1nnc2n1CCN(Cc1c(F)cccc1Cl)CC2)C1CCOC1. The molecule has 2 aliphatic rings. The van der Waals surface area contributed by atoms with Crippen molar-refractivity contribution in [3.8, 4) is 0 Å². The molecule has 3 heterocycles. The molecule has 1 amide bonds. The third-order valence-corrected chi connectivity index (χ3v) is 5.71. The number of fused-ring (bicyclic) bond motifs is 1. The molecule has 0 aliphatic carbocycles. The van der Waals surface area contributed by atoms with Crippen molar-refractivity contribution in [1.29, 1.82) is 0 Å². The number of carbonyl (C=O) groups excluding carboxylic acids is 1. The first-order valence-electron chi connectivity index (χ1n) is 9.53. The molecular weight excluding hydrogens is 385 g/mol. The topological polar surface area (TPSA) is 72.3 Å². The van der Waals surface area contributed by atoms with Crippen molar-refractivity contribution in [2.45, 2.75) is 32.5 Å². The van der Waals surface area contributed by atoms with Gasteiger partial charge in [0, 0.05) is 49.8 Å². The fourth-order valence-corrected chi connectivity index (χ4v) is 3.90. The largest absolute Gasteiger partial charge is 0.381 e. The van der Waals surface area contributed by atoms with Crippen LogP contribution in [0, 0.1) is 11.7 Å². The fourth-order valence-electron chi connectivity index (χ4n) is 3.67. The predicted molar refractivity (Wildman–Crippen MR) is 101 cm³/mol. The van der Waals surface area contributed by atoms with Crippen molar-refractivity contribution in [1.82, 2.24) is 25.0 Å². The summed E-state index contributed by atoms with van der Waals surface area (Å²) in [5.41, 5.74) is 0.521. The van der Waals surface area contributed by atoms with E-state index in [1.807, 2.05) is 4.57 Å². The Bertz CT molecular complexity index is 833. The van der Waals surface area contributed by atoms with Gasteiger partial charge in [0.05, 0.1) is 19.1 Å². The Hall–Kier alpha value is -2.03. The van der Waals surface area contributed by atoms with E-state index in [4.69, 9.17) is 16.3 Å². The van der Waals surface area contributed by atoms with Crippen molar-refractivity contribution < 1.29 is 13.9 Å². The summed E-state index contributed by atoms with van der Waals surface area (Å²) < 4.78 is 21.4. The van der Waals surface area contributed by atoms with E-state index in [-0.39, 0.29) is 17.6 Å². The van der Waals surface area contributed by atoms with Crippen LogP contribution in [0.15, 0.2) is 18.2 Å². The van der Waals surface area contributed by atoms with Gasteiger partial charge in [-0.25, -0.2) is 4.39 Å². The number of ether oxygens (including phenoxy) is 1. The van der Waals surface area contributed by atoms with Crippen LogP contribution >= 0.6 is 11.6 Å². The lowest BCUT2D eigenvalue weighted by Gasteiger charge is -2.20. The lowest BCUT2D eigenvalue weighted by molar-refractivity contribution is -0.125. The van der Waals surface area contributed by atoms with Gasteiger partial charge in [0.15, 0.2) is 5.82 Å². The van der Waals surface area contributed by atoms with Gasteiger partial charge in [-0.15, -0.1) is 10.2 Å². The van der Waals surface area contributed by atoms with Crippen LogP contribution in [0.4, 0.5) is 4.39 Å². The highest BCUT2D eigenvalue weighted by molar-refractivity contribution is 6.31. The molecule has 1 saturated heterocycles. The molecule has 0 bridgehead atoms. The van der Waals surface area contributed by atoms with E-state index in [1.165, 1.54) is 6.07 Å². The maximum atomic E-state index is 14.1. The van der Waals surface area contributed by atoms with Crippen LogP contribution in [0.3, 0.4) is 0 Å². The number of halogens is 2. The first kappa shape index (κ1) is 19.3. The average molecular weight is 408 g/mol. The van der Waals surface area contributed by atoms with Crippen LogP contribution in [-0.2, 0) is 35.6 Å². The van der Waals surface area contributed by atoms with Gasteiger partial charge in [-0.2, -0.15) is 0 Å². The number of aromatic nitrogens is 3. The summed E-state index contributed by atoms with van der Waals surface area (Å²) in [6.07, 6.45) is 1.47. The summed E-state index contributed by atoms with van der Waals surface area (Å²) in [7, 11) is 0. The third-order valence-electron chi connectivity index (χ3n) is 5.36. The zero-order valence-electron chi connectivity index (χ0n) is 15.5. The van der Waals surface area contributed by atoms with Crippen molar-refractivity contribution in [2.75, 3.05) is 26.3 Å². The quantitative estimate of drug-likeness (QED) is 0.818. The van der Waals surface area contributed by atoms with Gasteiger partial charge in [0.25, 0.3) is 0 Å². The lowest BCUT2D eigenvalue weighted by atomic mass is 10.1. The molecule has 1 N–H and O–H groups in total. The predicted octanol–water partition coefficient (Wildman–Crippen LogP) is 1.78. The number of nitrogens with one attached hydrogen (secondary N) is 1. The molecule has 1 aromatic carbocycles. The highest BCUT2D eigenvalue weighted by Gasteiger charge is 2.25. The molecule has 28 heavy (non-hydrogen) atoms. The van der Waals surface area contributed by atoms with E-state index < -0.39 is 0 Å². The molecule has 2 aliphatic heterocycles. The van der Waals surface area contributed by atoms with Gasteiger partial charge in [-0.1, -0.05) is 17.7 Å². The molecule has 1 unspecified atom stereocenters. The zero-order chi connectivity index (χ0) is 19.5. The first-order chi connectivity index (χ1) is 13.6. The molecule has 1 fully saturated rings. The molecule has 9 heteroatoms. The Morgan fingerprint density at radius 1 is 1.32 bits per heavy atom. The number of amides is 1. The zero-order valence-corrected chi connectivity index (χ0v) is 16.3. The number of benzene rings is 1. The highest BCUT2D eigenvalue weighted by Crippen LogP contribution is 2.22. The molecule has 1 atom stereocenters. The average Bonchev–Trinajstić information content (AvgIpc) is 3.31. The van der Waals surface area contributed by atoms with Crippen LogP contribution in [0.5, 0.6) is 0 Å². The number of carbonyl (C=O) groups is 1. The molecule has 2 aromatic rings. The Kier molecular flexibility index (Phi) is 5.89. The fraction of sp³-hybridized carbons (Fsp3) is 0.526. The van der Waals surface area contributed by atoms with Crippen LogP contribution in [0.1, 0.15) is 23.6 Å². The summed E-state index contributed by atoms with van der Waals surface area (Å²) in [5, 5.41) is 11.9. The molecular formula is C19H23ClFN5O2. The summed E-state index contributed by atoms with van der Waals surface area (Å²) in [6, 6.07) is 4.76. The maximum Gasteiger partial charge on any atom is 0.225 e. The molecule has 0 spiro atoms. The smallest absolute Gasteiger partial charge is 0.225 e. The number of nitrogens with zero attached hydrogens (tertiary/aromatic N) is 4. The Morgan fingerprint density at radius 2 is 2.21 bits per heavy atom. The summed E-state index contributed by atoms with van der Waals surface area (Å²) in [5.74, 6) is 1.27. The van der Waals surface area contributed by atoms with Crippen LogP contribution < -0.4 is 5.32 Å². The van der Waals surface area contributed by atoms with Crippen LogP contribution in [0.2, 0.25) is 5.02 Å². The van der Waals surface area contributed by atoms with Crippen molar-refractivity contribution >= 4 is 17.5 Å². The van der Waals surface area contributed by atoms with Gasteiger partial charge < -0.3 is 14.6 Å². The lowest BCUT2D eigenvalue weighted by Crippen LogP contribution is -2.32. The normalized spacial score (nSPS) is 20.0. The molecule has 7 nitrogen and oxygen atoms in total. The second-order valence-corrected chi connectivity index (χ2v) is 7.60. The van der Waals surface area contributed by atoms with E-state index in [1.54, 1.807) is 12.1 Å². The molecule has 0 radical (unpaired) electrons. The minimum atomic E-state index is -0.282. The molecule has 1 aromatic heterocycles. The van der Waals surface area contributed by atoms with Gasteiger partial charge in [0.2, 0.25) is 5.91 Å². The summed E-state index contributed by atoms with van der Waals surface area (Å²) >= 11 is 6.16. The van der Waals surface area contributed by atoms with Crippen molar-refractivity contribution in [3.63, 3.8) is 0 Å². The standard InChI is InChI=1S/C19H23ClFN5O2/c20-15-2-1-3-16(21)14(15)11-25-6-4-17-23-24-18(26(17)8-7-25)10-22-19(27)13-5-9-28-12-13/h1-3,13H,4-12H2,(H,22,27). The summed E-state index contributed by atoms with van der Waals surface area (Å²) in [4.78, 5) is 14.4. The van der Waals surface area contributed by atoms with Crippen LogP contribution in [-0.4, -0.2) is 51.9 Å². The Balaban J connectivity index is 1.37. The third kappa shape index (κ3) is 4.19. The van der Waals surface area contributed by atoms with Gasteiger partial charge >= 0.3 is 0 Å². The molecule has 150 valence electrons. The van der Waals surface area contributed by atoms with E-state index in [9.17, 15) is 9.18 Å². The van der Waals surface area contributed by atoms with Gasteiger partial charge in [0.1, 0.15) is 11.6 Å². The second kappa shape index (κ2) is 8.55. The molecule has 0 saturated carbocycles. The highest BCUT2D eigenvalue weighted by atomic mass is 35.5. The maximum absolute atomic E-state index is 14.1. The first-order valence-corrected chi connectivity index (χ1v) is 9.91. The number of hydrogen-bond donors (Lipinski definition) is 1. The minimum Gasteiger partial charge on any atom is -0.381 e. The molecule has 4 rings (SSSR count). The monoisotopic (exact) mass is 407 g/mol. The van der Waals surface area contributed by atoms with Gasteiger partial charge in [-0.3, -0.25) is 9.69 Å². The van der Waals surface area contributed by atoms with Gasteiger partial charge in [-0.05, 0) is 18.6 Å². The Labute approximate surface area is 167 Å². The van der Waals surface area contributed by atoms with Crippen molar-refractivity contribution in [2.24, 2.45) is 5.92 Å².